The second-order valence-electron chi connectivity index (χ2n) is 4.99. The Hall–Kier alpha value is -2.40. The van der Waals surface area contributed by atoms with Crippen LogP contribution in [0, 0.1) is 0 Å². The van der Waals surface area contributed by atoms with Crippen LogP contribution < -0.4 is 4.72 Å². The Morgan fingerprint density at radius 2 is 1.82 bits per heavy atom. The normalized spacial score (nSPS) is 11.5. The van der Waals surface area contributed by atoms with Crippen LogP contribution in [0.3, 0.4) is 0 Å². The van der Waals surface area contributed by atoms with E-state index >= 15 is 0 Å². The average molecular weight is 312 g/mol. The first-order valence-electron chi connectivity index (χ1n) is 7.05. The standard InChI is InChI=1S/C17H16N2O2S/c1-2-13-10-11-18-17(12-13)19-22(20,21)16-9-5-7-14-6-3-4-8-15(14)16/h3-12H,2H2,1H3,(H,18,19). The minimum Gasteiger partial charge on any atom is -0.263 e. The third-order valence-electron chi connectivity index (χ3n) is 3.51. The minimum absolute atomic E-state index is 0.259. The van der Waals surface area contributed by atoms with E-state index in [0.29, 0.717) is 11.2 Å². The average Bonchev–Trinajstić information content (AvgIpc) is 2.54. The van der Waals surface area contributed by atoms with Crippen LogP contribution in [0.2, 0.25) is 0 Å². The number of rotatable bonds is 4. The molecule has 0 bridgehead atoms. The van der Waals surface area contributed by atoms with E-state index in [1.807, 2.05) is 37.3 Å². The Labute approximate surface area is 129 Å². The van der Waals surface area contributed by atoms with Crippen molar-refractivity contribution in [3.8, 4) is 0 Å². The van der Waals surface area contributed by atoms with Gasteiger partial charge in [-0.1, -0.05) is 43.3 Å². The van der Waals surface area contributed by atoms with E-state index in [0.717, 1.165) is 17.4 Å². The third kappa shape index (κ3) is 2.80. The van der Waals surface area contributed by atoms with Crippen molar-refractivity contribution in [2.45, 2.75) is 18.2 Å². The van der Waals surface area contributed by atoms with Gasteiger partial charge in [0.1, 0.15) is 5.82 Å². The highest BCUT2D eigenvalue weighted by Crippen LogP contribution is 2.24. The molecule has 112 valence electrons. The lowest BCUT2D eigenvalue weighted by Crippen LogP contribution is -2.14. The number of sulfonamides is 1. The van der Waals surface area contributed by atoms with E-state index in [-0.39, 0.29) is 4.90 Å². The highest BCUT2D eigenvalue weighted by atomic mass is 32.2. The van der Waals surface area contributed by atoms with Gasteiger partial charge < -0.3 is 0 Å². The number of aromatic nitrogens is 1. The van der Waals surface area contributed by atoms with Gasteiger partial charge in [0, 0.05) is 11.6 Å². The molecule has 0 aliphatic heterocycles. The van der Waals surface area contributed by atoms with E-state index in [1.165, 1.54) is 0 Å². The van der Waals surface area contributed by atoms with Crippen LogP contribution in [0.5, 0.6) is 0 Å². The molecule has 1 aromatic heterocycles. The molecule has 0 unspecified atom stereocenters. The number of benzene rings is 2. The Morgan fingerprint density at radius 3 is 2.64 bits per heavy atom. The number of hydrogen-bond donors (Lipinski definition) is 1. The summed E-state index contributed by atoms with van der Waals surface area (Å²) in [6, 6.07) is 16.3. The Bertz CT molecular complexity index is 915. The maximum absolute atomic E-state index is 12.7. The maximum atomic E-state index is 12.7. The van der Waals surface area contributed by atoms with E-state index in [1.54, 1.807) is 30.5 Å². The van der Waals surface area contributed by atoms with Gasteiger partial charge >= 0.3 is 0 Å². The molecule has 0 amide bonds. The summed E-state index contributed by atoms with van der Waals surface area (Å²) in [4.78, 5) is 4.35. The second kappa shape index (κ2) is 5.77. The Kier molecular flexibility index (Phi) is 3.81. The number of aryl methyl sites for hydroxylation is 1. The van der Waals surface area contributed by atoms with Crippen LogP contribution in [0.15, 0.2) is 65.7 Å². The lowest BCUT2D eigenvalue weighted by molar-refractivity contribution is 0.602. The van der Waals surface area contributed by atoms with E-state index in [9.17, 15) is 8.42 Å². The summed E-state index contributed by atoms with van der Waals surface area (Å²) < 4.78 is 27.9. The third-order valence-corrected chi connectivity index (χ3v) is 4.92. The summed E-state index contributed by atoms with van der Waals surface area (Å²) in [7, 11) is -3.68. The highest BCUT2D eigenvalue weighted by Gasteiger charge is 2.17. The highest BCUT2D eigenvalue weighted by molar-refractivity contribution is 7.93. The van der Waals surface area contributed by atoms with Gasteiger partial charge in [-0.2, -0.15) is 0 Å². The molecule has 3 rings (SSSR count). The molecular formula is C17H16N2O2S. The molecule has 22 heavy (non-hydrogen) atoms. The number of fused-ring (bicyclic) bond motifs is 1. The van der Waals surface area contributed by atoms with Crippen molar-refractivity contribution in [2.75, 3.05) is 4.72 Å². The number of nitrogens with zero attached hydrogens (tertiary/aromatic N) is 1. The number of hydrogen-bond acceptors (Lipinski definition) is 3. The lowest BCUT2D eigenvalue weighted by Gasteiger charge is -2.10. The van der Waals surface area contributed by atoms with Crippen LogP contribution in [-0.2, 0) is 16.4 Å². The summed E-state index contributed by atoms with van der Waals surface area (Å²) in [6.45, 7) is 2.01. The molecule has 0 aliphatic rings. The number of nitrogens with one attached hydrogen (secondary N) is 1. The molecule has 0 aliphatic carbocycles. The van der Waals surface area contributed by atoms with E-state index in [4.69, 9.17) is 0 Å². The molecular weight excluding hydrogens is 296 g/mol. The SMILES string of the molecule is CCc1ccnc(NS(=O)(=O)c2cccc3ccccc23)c1. The first kappa shape index (κ1) is 14.5. The van der Waals surface area contributed by atoms with Crippen LogP contribution in [0.4, 0.5) is 5.82 Å². The van der Waals surface area contributed by atoms with Crippen LogP contribution in [-0.4, -0.2) is 13.4 Å². The summed E-state index contributed by atoms with van der Waals surface area (Å²) in [5, 5.41) is 1.59. The first-order valence-corrected chi connectivity index (χ1v) is 8.54. The number of anilines is 1. The quantitative estimate of drug-likeness (QED) is 0.801. The zero-order valence-corrected chi connectivity index (χ0v) is 13.0. The first-order chi connectivity index (χ1) is 10.6. The summed E-state index contributed by atoms with van der Waals surface area (Å²) in [5.74, 6) is 0.340. The fourth-order valence-corrected chi connectivity index (χ4v) is 3.60. The van der Waals surface area contributed by atoms with Gasteiger partial charge in [0.2, 0.25) is 0 Å². The van der Waals surface area contributed by atoms with Crippen molar-refractivity contribution >= 4 is 26.6 Å². The van der Waals surface area contributed by atoms with Gasteiger partial charge in [0.15, 0.2) is 0 Å². The van der Waals surface area contributed by atoms with E-state index in [2.05, 4.69) is 9.71 Å². The summed E-state index contributed by atoms with van der Waals surface area (Å²) in [5.41, 5.74) is 1.03. The Morgan fingerprint density at radius 1 is 1.05 bits per heavy atom. The monoisotopic (exact) mass is 312 g/mol. The van der Waals surface area contributed by atoms with Gasteiger partial charge in [-0.3, -0.25) is 4.72 Å². The van der Waals surface area contributed by atoms with Crippen LogP contribution in [0.25, 0.3) is 10.8 Å². The predicted molar refractivity (Wildman–Crippen MR) is 88.4 cm³/mol. The molecule has 1 heterocycles. The molecule has 1 N–H and O–H groups in total. The number of pyridine rings is 1. The lowest BCUT2D eigenvalue weighted by atomic mass is 10.1. The molecule has 4 nitrogen and oxygen atoms in total. The fraction of sp³-hybridized carbons (Fsp3) is 0.118. The molecule has 3 aromatic rings. The largest absolute Gasteiger partial charge is 0.263 e. The van der Waals surface area contributed by atoms with E-state index < -0.39 is 10.0 Å². The summed E-state index contributed by atoms with van der Waals surface area (Å²) >= 11 is 0. The van der Waals surface area contributed by atoms with Crippen LogP contribution in [0.1, 0.15) is 12.5 Å². The smallest absolute Gasteiger partial charge is 0.263 e. The fourth-order valence-electron chi connectivity index (χ4n) is 2.37. The van der Waals surface area contributed by atoms with Gasteiger partial charge in [0.05, 0.1) is 4.90 Å². The maximum Gasteiger partial charge on any atom is 0.263 e. The van der Waals surface area contributed by atoms with Crippen molar-refractivity contribution in [2.24, 2.45) is 0 Å². The molecule has 0 saturated heterocycles. The summed E-state index contributed by atoms with van der Waals surface area (Å²) in [6.07, 6.45) is 2.44. The molecule has 0 saturated carbocycles. The Balaban J connectivity index is 2.05. The topological polar surface area (TPSA) is 59.1 Å². The molecule has 2 aromatic carbocycles. The van der Waals surface area contributed by atoms with Crippen molar-refractivity contribution in [1.29, 1.82) is 0 Å². The van der Waals surface area contributed by atoms with Crippen molar-refractivity contribution in [3.63, 3.8) is 0 Å². The molecule has 0 spiro atoms. The molecule has 0 radical (unpaired) electrons. The minimum atomic E-state index is -3.68. The van der Waals surface area contributed by atoms with Gasteiger partial charge in [-0.05, 0) is 35.6 Å². The van der Waals surface area contributed by atoms with Crippen LogP contribution >= 0.6 is 0 Å². The van der Waals surface area contributed by atoms with Gasteiger partial charge in [-0.25, -0.2) is 13.4 Å². The van der Waals surface area contributed by atoms with Crippen molar-refractivity contribution < 1.29 is 8.42 Å². The second-order valence-corrected chi connectivity index (χ2v) is 6.64. The van der Waals surface area contributed by atoms with Gasteiger partial charge in [-0.15, -0.1) is 0 Å². The molecule has 5 heteroatoms. The molecule has 0 fully saturated rings. The van der Waals surface area contributed by atoms with Crippen molar-refractivity contribution in [3.05, 3.63) is 66.4 Å². The van der Waals surface area contributed by atoms with Gasteiger partial charge in [0.25, 0.3) is 10.0 Å². The molecule has 0 atom stereocenters. The zero-order valence-electron chi connectivity index (χ0n) is 12.2. The predicted octanol–water partition coefficient (Wildman–Crippen LogP) is 3.60. The van der Waals surface area contributed by atoms with Crippen molar-refractivity contribution in [1.82, 2.24) is 4.98 Å². The zero-order chi connectivity index (χ0) is 15.6.